The first-order chi connectivity index (χ1) is 8.95. The molecule has 2 N–H and O–H groups in total. The van der Waals surface area contributed by atoms with Gasteiger partial charge in [-0.1, -0.05) is 6.07 Å². The van der Waals surface area contributed by atoms with Crippen LogP contribution in [0.4, 0.5) is 0 Å². The molecule has 0 spiro atoms. The molecule has 1 saturated carbocycles. The van der Waals surface area contributed by atoms with Crippen LogP contribution < -0.4 is 0 Å². The summed E-state index contributed by atoms with van der Waals surface area (Å²) in [4.78, 5) is 26.6. The number of hydrogen-bond donors (Lipinski definition) is 2. The number of fused-ring (bicyclic) bond motifs is 1. The molecule has 98 valence electrons. The molecule has 0 saturated heterocycles. The van der Waals surface area contributed by atoms with Gasteiger partial charge in [0.25, 0.3) is 0 Å². The highest BCUT2D eigenvalue weighted by Crippen LogP contribution is 2.55. The minimum atomic E-state index is -1.33. The Morgan fingerprint density at radius 2 is 2.16 bits per heavy atom. The molecule has 3 rings (SSSR count). The van der Waals surface area contributed by atoms with E-state index in [4.69, 9.17) is 9.52 Å². The van der Waals surface area contributed by atoms with Crippen LogP contribution in [0.25, 0.3) is 11.1 Å². The lowest BCUT2D eigenvalue weighted by Crippen LogP contribution is -2.25. The zero-order valence-corrected chi connectivity index (χ0v) is 10.1. The topological polar surface area (TPSA) is 101 Å². The Hall–Kier alpha value is -2.37. The Morgan fingerprint density at radius 1 is 1.42 bits per heavy atom. The maximum atomic E-state index is 11.4. The van der Waals surface area contributed by atoms with E-state index in [1.807, 2.05) is 0 Å². The summed E-state index contributed by atoms with van der Waals surface area (Å²) in [6.45, 7) is 1.70. The smallest absolute Gasteiger partial charge is 0.315 e. The van der Waals surface area contributed by atoms with E-state index < -0.39 is 23.3 Å². The largest absolute Gasteiger partial charge is 0.481 e. The second kappa shape index (κ2) is 3.57. The van der Waals surface area contributed by atoms with Crippen LogP contribution in [0.2, 0.25) is 0 Å². The molecule has 19 heavy (non-hydrogen) atoms. The lowest BCUT2D eigenvalue weighted by molar-refractivity contribution is -0.145. The van der Waals surface area contributed by atoms with Crippen LogP contribution in [0, 0.1) is 12.8 Å². The van der Waals surface area contributed by atoms with Gasteiger partial charge in [-0.15, -0.1) is 0 Å². The molecule has 1 aromatic carbocycles. The summed E-state index contributed by atoms with van der Waals surface area (Å²) in [6, 6.07) is 4.83. The molecule has 0 radical (unpaired) electrons. The number of aromatic nitrogens is 1. The molecule has 1 aromatic heterocycles. The average Bonchev–Trinajstić information content (AvgIpc) is 2.99. The molecule has 6 nitrogen and oxygen atoms in total. The van der Waals surface area contributed by atoms with Gasteiger partial charge in [0, 0.05) is 6.92 Å². The Morgan fingerprint density at radius 3 is 2.74 bits per heavy atom. The number of rotatable bonds is 3. The van der Waals surface area contributed by atoms with E-state index in [0.29, 0.717) is 22.6 Å². The molecule has 1 heterocycles. The second-order valence-electron chi connectivity index (χ2n) is 4.79. The molecule has 1 aliphatic rings. The van der Waals surface area contributed by atoms with Gasteiger partial charge in [0.1, 0.15) is 10.9 Å². The Kier molecular flexibility index (Phi) is 2.20. The van der Waals surface area contributed by atoms with E-state index >= 15 is 0 Å². The zero-order chi connectivity index (χ0) is 13.8. The summed E-state index contributed by atoms with van der Waals surface area (Å²) in [6.07, 6.45) is 0.111. The Labute approximate surface area is 107 Å². The second-order valence-corrected chi connectivity index (χ2v) is 4.79. The van der Waals surface area contributed by atoms with Crippen molar-refractivity contribution in [3.8, 4) is 0 Å². The van der Waals surface area contributed by atoms with E-state index in [9.17, 15) is 14.7 Å². The molecule has 0 amide bonds. The van der Waals surface area contributed by atoms with Gasteiger partial charge in [-0.05, 0) is 24.1 Å². The third-order valence-corrected chi connectivity index (χ3v) is 3.65. The van der Waals surface area contributed by atoms with Crippen molar-refractivity contribution in [1.29, 1.82) is 0 Å². The van der Waals surface area contributed by atoms with Crippen LogP contribution in [0.5, 0.6) is 0 Å². The van der Waals surface area contributed by atoms with E-state index in [0.717, 1.165) is 0 Å². The standard InChI is InChI=1S/C13H11NO5/c1-6-14-9-4-7(2-3-10(9)19-6)13(12(17)18)5-8(13)11(15)16/h2-4,8H,5H2,1H3,(H,15,16)(H,17,18). The van der Waals surface area contributed by atoms with E-state index in [1.165, 1.54) is 0 Å². The molecular formula is C13H11NO5. The van der Waals surface area contributed by atoms with Gasteiger partial charge in [-0.3, -0.25) is 9.59 Å². The number of hydrogen-bond acceptors (Lipinski definition) is 4. The fourth-order valence-electron chi connectivity index (χ4n) is 2.56. The van der Waals surface area contributed by atoms with Crippen LogP contribution in [0.15, 0.2) is 22.6 Å². The predicted octanol–water partition coefficient (Wildman–Crippen LogP) is 1.56. The number of oxazole rings is 1. The first kappa shape index (κ1) is 11.7. The van der Waals surface area contributed by atoms with Gasteiger partial charge in [0.15, 0.2) is 11.5 Å². The minimum Gasteiger partial charge on any atom is -0.481 e. The van der Waals surface area contributed by atoms with Crippen LogP contribution in [-0.4, -0.2) is 27.1 Å². The molecule has 2 atom stereocenters. The third kappa shape index (κ3) is 1.53. The maximum absolute atomic E-state index is 11.4. The molecule has 0 aliphatic heterocycles. The molecule has 2 aromatic rings. The number of benzene rings is 1. The van der Waals surface area contributed by atoms with Crippen LogP contribution >= 0.6 is 0 Å². The predicted molar refractivity (Wildman–Crippen MR) is 63.8 cm³/mol. The van der Waals surface area contributed by atoms with Crippen molar-refractivity contribution in [1.82, 2.24) is 4.98 Å². The lowest BCUT2D eigenvalue weighted by atomic mass is 9.93. The van der Waals surface area contributed by atoms with Crippen molar-refractivity contribution < 1.29 is 24.2 Å². The van der Waals surface area contributed by atoms with E-state index in [1.54, 1.807) is 25.1 Å². The summed E-state index contributed by atoms with van der Waals surface area (Å²) < 4.78 is 5.32. The first-order valence-electron chi connectivity index (χ1n) is 5.79. The number of carboxylic acids is 2. The molecule has 1 fully saturated rings. The van der Waals surface area contributed by atoms with Crippen molar-refractivity contribution in [2.75, 3.05) is 0 Å². The van der Waals surface area contributed by atoms with E-state index in [-0.39, 0.29) is 6.42 Å². The first-order valence-corrected chi connectivity index (χ1v) is 5.79. The Balaban J connectivity index is 2.12. The average molecular weight is 261 g/mol. The lowest BCUT2D eigenvalue weighted by Gasteiger charge is -2.11. The normalized spacial score (nSPS) is 25.4. The monoisotopic (exact) mass is 261 g/mol. The highest BCUT2D eigenvalue weighted by atomic mass is 16.4. The quantitative estimate of drug-likeness (QED) is 0.869. The molecule has 6 heteroatoms. The van der Waals surface area contributed by atoms with Gasteiger partial charge >= 0.3 is 11.9 Å². The minimum absolute atomic E-state index is 0.111. The highest BCUT2D eigenvalue weighted by molar-refractivity contribution is 5.95. The number of carbonyl (C=O) groups is 2. The van der Waals surface area contributed by atoms with Crippen LogP contribution in [-0.2, 0) is 15.0 Å². The highest BCUT2D eigenvalue weighted by Gasteiger charge is 2.65. The van der Waals surface area contributed by atoms with Crippen molar-refractivity contribution in [3.05, 3.63) is 29.7 Å². The fraction of sp³-hybridized carbons (Fsp3) is 0.308. The van der Waals surface area contributed by atoms with E-state index in [2.05, 4.69) is 4.98 Å². The number of aryl methyl sites for hydroxylation is 1. The van der Waals surface area contributed by atoms with Crippen molar-refractivity contribution >= 4 is 23.0 Å². The number of aliphatic carboxylic acids is 2. The van der Waals surface area contributed by atoms with Gasteiger partial charge < -0.3 is 14.6 Å². The van der Waals surface area contributed by atoms with Gasteiger partial charge in [-0.25, -0.2) is 4.98 Å². The van der Waals surface area contributed by atoms with Crippen molar-refractivity contribution in [2.24, 2.45) is 5.92 Å². The number of carboxylic acid groups (broad SMARTS) is 2. The van der Waals surface area contributed by atoms with Crippen molar-refractivity contribution in [2.45, 2.75) is 18.8 Å². The number of nitrogens with zero attached hydrogens (tertiary/aromatic N) is 1. The fourth-order valence-corrected chi connectivity index (χ4v) is 2.56. The SMILES string of the molecule is Cc1nc2cc(C3(C(=O)O)CC3C(=O)O)ccc2o1. The molecule has 1 aliphatic carbocycles. The summed E-state index contributed by atoms with van der Waals surface area (Å²) in [5.41, 5.74) is 0.251. The maximum Gasteiger partial charge on any atom is 0.315 e. The van der Waals surface area contributed by atoms with Gasteiger partial charge in [0.05, 0.1) is 5.92 Å². The summed E-state index contributed by atoms with van der Waals surface area (Å²) >= 11 is 0. The van der Waals surface area contributed by atoms with Gasteiger partial charge in [0.2, 0.25) is 0 Å². The Bertz CT molecular complexity index is 704. The molecular weight excluding hydrogens is 250 g/mol. The molecule has 0 bridgehead atoms. The summed E-state index contributed by atoms with van der Waals surface area (Å²) in [7, 11) is 0. The zero-order valence-electron chi connectivity index (χ0n) is 10.1. The summed E-state index contributed by atoms with van der Waals surface area (Å²) in [5.74, 6) is -2.59. The van der Waals surface area contributed by atoms with Crippen molar-refractivity contribution in [3.63, 3.8) is 0 Å². The third-order valence-electron chi connectivity index (χ3n) is 3.65. The summed E-state index contributed by atoms with van der Waals surface area (Å²) in [5, 5.41) is 18.4. The van der Waals surface area contributed by atoms with Crippen LogP contribution in [0.1, 0.15) is 17.9 Å². The van der Waals surface area contributed by atoms with Gasteiger partial charge in [-0.2, -0.15) is 0 Å². The van der Waals surface area contributed by atoms with Crippen LogP contribution in [0.3, 0.4) is 0 Å². The molecule has 2 unspecified atom stereocenters.